The Balaban J connectivity index is 2.08. The maximum Gasteiger partial charge on any atom is 0.0316 e. The van der Waals surface area contributed by atoms with Gasteiger partial charge in [0.25, 0.3) is 0 Å². The number of rotatable bonds is 12. The van der Waals surface area contributed by atoms with Crippen LogP contribution in [0.2, 0.25) is 0 Å². The standard InChI is InChI=1S/C19H34N2/c1-3-5-6-7-9-15-21(4-2)16-10-8-12-18-13-11-14-19(20)17-18/h11,13-14,17H,3-10,12,15-16,20H2,1-2H3. The van der Waals surface area contributed by atoms with Crippen LogP contribution >= 0.6 is 0 Å². The summed E-state index contributed by atoms with van der Waals surface area (Å²) in [5.41, 5.74) is 8.07. The van der Waals surface area contributed by atoms with E-state index in [1.165, 1.54) is 70.1 Å². The van der Waals surface area contributed by atoms with Gasteiger partial charge in [0.05, 0.1) is 0 Å². The van der Waals surface area contributed by atoms with Crippen molar-refractivity contribution in [1.82, 2.24) is 4.90 Å². The second-order valence-electron chi connectivity index (χ2n) is 6.05. The van der Waals surface area contributed by atoms with Crippen LogP contribution in [0, 0.1) is 0 Å². The Bertz CT molecular complexity index is 362. The summed E-state index contributed by atoms with van der Waals surface area (Å²) in [4.78, 5) is 2.60. The number of unbranched alkanes of at least 4 members (excludes halogenated alkanes) is 5. The Morgan fingerprint density at radius 1 is 0.905 bits per heavy atom. The van der Waals surface area contributed by atoms with Gasteiger partial charge in [-0.25, -0.2) is 0 Å². The molecule has 2 nitrogen and oxygen atoms in total. The average Bonchev–Trinajstić information content (AvgIpc) is 2.49. The van der Waals surface area contributed by atoms with Gasteiger partial charge in [0.15, 0.2) is 0 Å². The van der Waals surface area contributed by atoms with Crippen LogP contribution in [0.15, 0.2) is 24.3 Å². The number of nitrogens with zero attached hydrogens (tertiary/aromatic N) is 1. The molecule has 120 valence electrons. The third kappa shape index (κ3) is 8.77. The van der Waals surface area contributed by atoms with E-state index in [1.807, 2.05) is 6.07 Å². The lowest BCUT2D eigenvalue weighted by atomic mass is 10.1. The Kier molecular flexibility index (Phi) is 9.98. The normalized spacial score (nSPS) is 11.2. The Labute approximate surface area is 131 Å². The molecule has 0 fully saturated rings. The second-order valence-corrected chi connectivity index (χ2v) is 6.05. The van der Waals surface area contributed by atoms with Crippen LogP contribution in [-0.4, -0.2) is 24.5 Å². The molecule has 21 heavy (non-hydrogen) atoms. The van der Waals surface area contributed by atoms with Gasteiger partial charge in [-0.1, -0.05) is 51.7 Å². The maximum atomic E-state index is 5.81. The van der Waals surface area contributed by atoms with Crippen molar-refractivity contribution in [3.05, 3.63) is 29.8 Å². The molecule has 0 spiro atoms. The molecular weight excluding hydrogens is 256 g/mol. The van der Waals surface area contributed by atoms with Crippen molar-refractivity contribution in [2.75, 3.05) is 25.4 Å². The average molecular weight is 290 g/mol. The zero-order chi connectivity index (χ0) is 15.3. The van der Waals surface area contributed by atoms with Crippen LogP contribution in [0.1, 0.15) is 64.4 Å². The predicted molar refractivity (Wildman–Crippen MR) is 94.7 cm³/mol. The van der Waals surface area contributed by atoms with Gasteiger partial charge in [-0.3, -0.25) is 0 Å². The molecule has 0 aromatic heterocycles. The summed E-state index contributed by atoms with van der Waals surface area (Å²) in [5, 5.41) is 0. The highest BCUT2D eigenvalue weighted by molar-refractivity contribution is 5.40. The fourth-order valence-corrected chi connectivity index (χ4v) is 2.78. The first-order chi connectivity index (χ1) is 10.3. The number of hydrogen-bond donors (Lipinski definition) is 1. The van der Waals surface area contributed by atoms with Crippen molar-refractivity contribution in [2.24, 2.45) is 0 Å². The van der Waals surface area contributed by atoms with Crippen molar-refractivity contribution in [1.29, 1.82) is 0 Å². The highest BCUT2D eigenvalue weighted by atomic mass is 15.1. The van der Waals surface area contributed by atoms with E-state index in [0.717, 1.165) is 12.1 Å². The lowest BCUT2D eigenvalue weighted by Gasteiger charge is -2.20. The number of nitrogens with two attached hydrogens (primary N) is 1. The Hall–Kier alpha value is -1.02. The van der Waals surface area contributed by atoms with Gasteiger partial charge in [0.1, 0.15) is 0 Å². The number of anilines is 1. The van der Waals surface area contributed by atoms with Crippen LogP contribution in [0.3, 0.4) is 0 Å². The molecule has 2 N–H and O–H groups in total. The quantitative estimate of drug-likeness (QED) is 0.439. The first-order valence-electron chi connectivity index (χ1n) is 8.83. The molecule has 0 aliphatic rings. The van der Waals surface area contributed by atoms with Crippen molar-refractivity contribution in [2.45, 2.75) is 65.2 Å². The molecule has 2 heteroatoms. The fraction of sp³-hybridized carbons (Fsp3) is 0.684. The molecule has 0 amide bonds. The SMILES string of the molecule is CCCCCCCN(CC)CCCCc1cccc(N)c1. The molecule has 0 radical (unpaired) electrons. The van der Waals surface area contributed by atoms with Crippen LogP contribution in [0.25, 0.3) is 0 Å². The Morgan fingerprint density at radius 3 is 2.29 bits per heavy atom. The van der Waals surface area contributed by atoms with E-state index in [-0.39, 0.29) is 0 Å². The van der Waals surface area contributed by atoms with Gasteiger partial charge in [-0.2, -0.15) is 0 Å². The van der Waals surface area contributed by atoms with E-state index in [1.54, 1.807) is 0 Å². The molecule has 0 saturated heterocycles. The van der Waals surface area contributed by atoms with Gasteiger partial charge in [-0.15, -0.1) is 0 Å². The van der Waals surface area contributed by atoms with Crippen molar-refractivity contribution < 1.29 is 0 Å². The van der Waals surface area contributed by atoms with E-state index in [9.17, 15) is 0 Å². The van der Waals surface area contributed by atoms with E-state index in [4.69, 9.17) is 5.73 Å². The predicted octanol–water partition coefficient (Wildman–Crippen LogP) is 4.88. The molecule has 0 aliphatic heterocycles. The molecule has 0 atom stereocenters. The van der Waals surface area contributed by atoms with E-state index >= 15 is 0 Å². The van der Waals surface area contributed by atoms with E-state index < -0.39 is 0 Å². The summed E-state index contributed by atoms with van der Waals surface area (Å²) in [6.07, 6.45) is 10.6. The topological polar surface area (TPSA) is 29.3 Å². The lowest BCUT2D eigenvalue weighted by molar-refractivity contribution is 0.275. The monoisotopic (exact) mass is 290 g/mol. The maximum absolute atomic E-state index is 5.81. The lowest BCUT2D eigenvalue weighted by Crippen LogP contribution is -2.25. The van der Waals surface area contributed by atoms with Crippen molar-refractivity contribution in [3.63, 3.8) is 0 Å². The molecule has 0 bridgehead atoms. The van der Waals surface area contributed by atoms with Gasteiger partial charge in [0, 0.05) is 5.69 Å². The van der Waals surface area contributed by atoms with Gasteiger partial charge >= 0.3 is 0 Å². The van der Waals surface area contributed by atoms with E-state index in [2.05, 4.69) is 36.9 Å². The molecule has 1 aromatic carbocycles. The number of hydrogen-bond acceptors (Lipinski definition) is 2. The van der Waals surface area contributed by atoms with Crippen molar-refractivity contribution in [3.8, 4) is 0 Å². The molecular formula is C19H34N2. The Morgan fingerprint density at radius 2 is 1.62 bits per heavy atom. The van der Waals surface area contributed by atoms with Crippen LogP contribution in [-0.2, 0) is 6.42 Å². The van der Waals surface area contributed by atoms with Gasteiger partial charge in [-0.05, 0) is 63.0 Å². The van der Waals surface area contributed by atoms with Gasteiger partial charge in [0.2, 0.25) is 0 Å². The number of benzene rings is 1. The minimum absolute atomic E-state index is 0.884. The molecule has 0 aliphatic carbocycles. The summed E-state index contributed by atoms with van der Waals surface area (Å²) in [6, 6.07) is 8.30. The summed E-state index contributed by atoms with van der Waals surface area (Å²) in [5.74, 6) is 0. The second kappa shape index (κ2) is 11.6. The largest absolute Gasteiger partial charge is 0.399 e. The number of aryl methyl sites for hydroxylation is 1. The molecule has 0 saturated carbocycles. The molecule has 0 unspecified atom stereocenters. The molecule has 0 heterocycles. The summed E-state index contributed by atoms with van der Waals surface area (Å²) in [7, 11) is 0. The van der Waals surface area contributed by atoms with E-state index in [0.29, 0.717) is 0 Å². The first kappa shape index (κ1) is 18.0. The summed E-state index contributed by atoms with van der Waals surface area (Å²) >= 11 is 0. The summed E-state index contributed by atoms with van der Waals surface area (Å²) in [6.45, 7) is 8.26. The molecule has 1 aromatic rings. The van der Waals surface area contributed by atoms with Crippen LogP contribution < -0.4 is 5.73 Å². The minimum Gasteiger partial charge on any atom is -0.399 e. The molecule has 1 rings (SSSR count). The van der Waals surface area contributed by atoms with Crippen LogP contribution in [0.5, 0.6) is 0 Å². The van der Waals surface area contributed by atoms with Crippen LogP contribution in [0.4, 0.5) is 5.69 Å². The fourth-order valence-electron chi connectivity index (χ4n) is 2.78. The number of nitrogen functional groups attached to an aromatic ring is 1. The summed E-state index contributed by atoms with van der Waals surface area (Å²) < 4.78 is 0. The van der Waals surface area contributed by atoms with Gasteiger partial charge < -0.3 is 10.6 Å². The zero-order valence-electron chi connectivity index (χ0n) is 14.1. The highest BCUT2D eigenvalue weighted by Crippen LogP contribution is 2.10. The third-order valence-corrected chi connectivity index (χ3v) is 4.17. The minimum atomic E-state index is 0.884. The smallest absolute Gasteiger partial charge is 0.0316 e. The highest BCUT2D eigenvalue weighted by Gasteiger charge is 2.02. The first-order valence-corrected chi connectivity index (χ1v) is 8.83. The van der Waals surface area contributed by atoms with Crippen molar-refractivity contribution >= 4 is 5.69 Å². The third-order valence-electron chi connectivity index (χ3n) is 4.17. The zero-order valence-corrected chi connectivity index (χ0v) is 14.1.